The van der Waals surface area contributed by atoms with E-state index in [0.29, 0.717) is 24.1 Å². The van der Waals surface area contributed by atoms with Gasteiger partial charge in [-0.25, -0.2) is 0 Å². The molecule has 150 valence electrons. The van der Waals surface area contributed by atoms with E-state index in [0.717, 1.165) is 36.4 Å². The van der Waals surface area contributed by atoms with E-state index in [9.17, 15) is 13.2 Å². The van der Waals surface area contributed by atoms with Crippen LogP contribution >= 0.6 is 0 Å². The topological polar surface area (TPSA) is 24.8 Å². The van der Waals surface area contributed by atoms with Gasteiger partial charge in [0.1, 0.15) is 5.75 Å². The van der Waals surface area contributed by atoms with Crippen molar-refractivity contribution < 1.29 is 17.9 Å². The fourth-order valence-electron chi connectivity index (χ4n) is 3.77. The highest BCUT2D eigenvalue weighted by Gasteiger charge is 2.31. The fraction of sp³-hybridized carbons (Fsp3) is 0.409. The number of nitrogens with zero attached hydrogens (tertiary/aromatic N) is 2. The first kappa shape index (κ1) is 20.2. The second-order valence-corrected chi connectivity index (χ2v) is 7.33. The zero-order valence-electron chi connectivity index (χ0n) is 16.3. The monoisotopic (exact) mass is 390 g/mol. The van der Waals surface area contributed by atoms with Crippen molar-refractivity contribution in [1.29, 1.82) is 0 Å². The Morgan fingerprint density at radius 2 is 1.75 bits per heavy atom. The minimum atomic E-state index is -4.32. The number of alkyl halides is 3. The summed E-state index contributed by atoms with van der Waals surface area (Å²) in [6, 6.07) is 13.3. The molecule has 6 heteroatoms. The second-order valence-electron chi connectivity index (χ2n) is 7.33. The third kappa shape index (κ3) is 4.66. The van der Waals surface area contributed by atoms with E-state index in [2.05, 4.69) is 24.2 Å². The minimum Gasteiger partial charge on any atom is -0.497 e. The summed E-state index contributed by atoms with van der Waals surface area (Å²) >= 11 is 0. The van der Waals surface area contributed by atoms with E-state index in [4.69, 9.17) is 4.74 Å². The Labute approximate surface area is 163 Å². The van der Waals surface area contributed by atoms with Gasteiger partial charge in [-0.15, -0.1) is 0 Å². The number of hydrogen-bond acceptors (Lipinski definition) is 3. The molecule has 0 saturated carbocycles. The summed E-state index contributed by atoms with van der Waals surface area (Å²) in [5, 5.41) is 6.46. The van der Waals surface area contributed by atoms with E-state index in [1.807, 2.05) is 19.1 Å². The van der Waals surface area contributed by atoms with Gasteiger partial charge in [0.05, 0.1) is 18.4 Å². The molecule has 1 heterocycles. The summed E-state index contributed by atoms with van der Waals surface area (Å²) in [7, 11) is 1.65. The summed E-state index contributed by atoms with van der Waals surface area (Å²) in [6.07, 6.45) is -2.45. The molecule has 1 aliphatic heterocycles. The van der Waals surface area contributed by atoms with Crippen LogP contribution in [0, 0.1) is 11.8 Å². The fourth-order valence-corrected chi connectivity index (χ4v) is 3.77. The van der Waals surface area contributed by atoms with Crippen LogP contribution in [-0.2, 0) is 12.6 Å². The van der Waals surface area contributed by atoms with Crippen molar-refractivity contribution in [3.8, 4) is 5.75 Å². The van der Waals surface area contributed by atoms with Gasteiger partial charge >= 0.3 is 6.18 Å². The molecule has 3 nitrogen and oxygen atoms in total. The molecule has 3 rings (SSSR count). The highest BCUT2D eigenvalue weighted by Crippen LogP contribution is 2.32. The molecular weight excluding hydrogens is 365 g/mol. The SMILES string of the molecule is COc1ccc(CC(C)C2CCN(c3ccc(C(F)(F)F)cc3)N=C2C)cc1. The van der Waals surface area contributed by atoms with Crippen LogP contribution in [0.2, 0.25) is 0 Å². The maximum Gasteiger partial charge on any atom is 0.416 e. The van der Waals surface area contributed by atoms with Crippen LogP contribution in [0.5, 0.6) is 5.75 Å². The molecule has 2 aromatic rings. The maximum atomic E-state index is 12.7. The first-order chi connectivity index (χ1) is 13.3. The van der Waals surface area contributed by atoms with Crippen molar-refractivity contribution in [2.45, 2.75) is 32.9 Å². The lowest BCUT2D eigenvalue weighted by atomic mass is 9.82. The lowest BCUT2D eigenvalue weighted by molar-refractivity contribution is -0.137. The highest BCUT2D eigenvalue weighted by molar-refractivity contribution is 5.86. The lowest BCUT2D eigenvalue weighted by Crippen LogP contribution is -2.34. The third-order valence-electron chi connectivity index (χ3n) is 5.36. The van der Waals surface area contributed by atoms with Crippen molar-refractivity contribution >= 4 is 11.4 Å². The molecule has 2 atom stereocenters. The van der Waals surface area contributed by atoms with Crippen molar-refractivity contribution in [3.63, 3.8) is 0 Å². The molecule has 0 spiro atoms. The molecular formula is C22H25F3N2O. The number of rotatable bonds is 5. The lowest BCUT2D eigenvalue weighted by Gasteiger charge is -2.33. The van der Waals surface area contributed by atoms with Crippen LogP contribution in [-0.4, -0.2) is 19.4 Å². The Hall–Kier alpha value is -2.50. The van der Waals surface area contributed by atoms with E-state index in [1.54, 1.807) is 12.1 Å². The van der Waals surface area contributed by atoms with E-state index in [1.165, 1.54) is 17.7 Å². The Bertz CT molecular complexity index is 813. The normalized spacial score (nSPS) is 18.6. The molecule has 0 fully saturated rings. The Kier molecular flexibility index (Phi) is 5.96. The molecule has 0 bridgehead atoms. The maximum absolute atomic E-state index is 12.7. The molecule has 0 amide bonds. The highest BCUT2D eigenvalue weighted by atomic mass is 19.4. The first-order valence-electron chi connectivity index (χ1n) is 9.40. The van der Waals surface area contributed by atoms with Crippen LogP contribution < -0.4 is 9.75 Å². The molecule has 0 aromatic heterocycles. The van der Waals surface area contributed by atoms with Crippen molar-refractivity contribution in [2.75, 3.05) is 18.7 Å². The van der Waals surface area contributed by atoms with Gasteiger partial charge in [-0.3, -0.25) is 5.01 Å². The Morgan fingerprint density at radius 1 is 1.11 bits per heavy atom. The molecule has 2 aromatic carbocycles. The summed E-state index contributed by atoms with van der Waals surface area (Å²) in [5.74, 6) is 1.62. The van der Waals surface area contributed by atoms with Gasteiger partial charge in [-0.2, -0.15) is 18.3 Å². The summed E-state index contributed by atoms with van der Waals surface area (Å²) in [6.45, 7) is 4.92. The zero-order chi connectivity index (χ0) is 20.3. The van der Waals surface area contributed by atoms with Crippen LogP contribution in [0.25, 0.3) is 0 Å². The Balaban J connectivity index is 1.66. The molecule has 1 aliphatic rings. The molecule has 0 radical (unpaired) electrons. The number of ether oxygens (including phenoxy) is 1. The summed E-state index contributed by atoms with van der Waals surface area (Å²) in [5.41, 5.74) is 2.33. The summed E-state index contributed by atoms with van der Waals surface area (Å²) in [4.78, 5) is 0. The molecule has 0 aliphatic carbocycles. The quantitative estimate of drug-likeness (QED) is 0.645. The van der Waals surface area contributed by atoms with Crippen molar-refractivity contribution in [2.24, 2.45) is 16.9 Å². The molecule has 2 unspecified atom stereocenters. The van der Waals surface area contributed by atoms with E-state index in [-0.39, 0.29) is 0 Å². The molecule has 28 heavy (non-hydrogen) atoms. The number of benzene rings is 2. The predicted octanol–water partition coefficient (Wildman–Crippen LogP) is 5.80. The van der Waals surface area contributed by atoms with Gasteiger partial charge < -0.3 is 4.74 Å². The first-order valence-corrected chi connectivity index (χ1v) is 9.40. The van der Waals surface area contributed by atoms with Gasteiger partial charge in [0.25, 0.3) is 0 Å². The van der Waals surface area contributed by atoms with E-state index >= 15 is 0 Å². The number of hydrazone groups is 1. The smallest absolute Gasteiger partial charge is 0.416 e. The standard InChI is InChI=1S/C22H25F3N2O/c1-15(14-17-4-10-20(28-3)11-5-17)21-12-13-27(26-16(21)2)19-8-6-18(7-9-19)22(23,24)25/h4-11,15,21H,12-14H2,1-3H3. The van der Waals surface area contributed by atoms with Crippen molar-refractivity contribution in [1.82, 2.24) is 0 Å². The number of anilines is 1. The average Bonchev–Trinajstić information content (AvgIpc) is 2.68. The number of halogens is 3. The van der Waals surface area contributed by atoms with Gasteiger partial charge in [-0.05, 0) is 67.6 Å². The van der Waals surface area contributed by atoms with Crippen LogP contribution in [0.15, 0.2) is 53.6 Å². The number of hydrogen-bond donors (Lipinski definition) is 0. The molecule has 0 N–H and O–H groups in total. The number of methoxy groups -OCH3 is 1. The minimum absolute atomic E-state index is 0.354. The van der Waals surface area contributed by atoms with Gasteiger partial charge in [0.15, 0.2) is 0 Å². The third-order valence-corrected chi connectivity index (χ3v) is 5.36. The van der Waals surface area contributed by atoms with Crippen LogP contribution in [0.3, 0.4) is 0 Å². The molecule has 0 saturated heterocycles. The van der Waals surface area contributed by atoms with Crippen LogP contribution in [0.4, 0.5) is 18.9 Å². The Morgan fingerprint density at radius 3 is 2.29 bits per heavy atom. The zero-order valence-corrected chi connectivity index (χ0v) is 16.3. The second kappa shape index (κ2) is 8.25. The largest absolute Gasteiger partial charge is 0.497 e. The average molecular weight is 390 g/mol. The van der Waals surface area contributed by atoms with Gasteiger partial charge in [0.2, 0.25) is 0 Å². The predicted molar refractivity (Wildman–Crippen MR) is 106 cm³/mol. The van der Waals surface area contributed by atoms with Gasteiger partial charge in [-0.1, -0.05) is 19.1 Å². The van der Waals surface area contributed by atoms with Gasteiger partial charge in [0, 0.05) is 18.2 Å². The van der Waals surface area contributed by atoms with E-state index < -0.39 is 11.7 Å². The van der Waals surface area contributed by atoms with Crippen molar-refractivity contribution in [3.05, 3.63) is 59.7 Å². The summed E-state index contributed by atoms with van der Waals surface area (Å²) < 4.78 is 43.4. The van der Waals surface area contributed by atoms with Crippen LogP contribution in [0.1, 0.15) is 31.4 Å².